The predicted molar refractivity (Wildman–Crippen MR) is 75.7 cm³/mol. The number of carbonyl (C=O) groups excluding carboxylic acids is 1. The molecule has 0 bridgehead atoms. The maximum absolute atomic E-state index is 13.8. The van der Waals surface area contributed by atoms with Crippen molar-refractivity contribution in [2.75, 3.05) is 13.1 Å². The molecule has 20 heavy (non-hydrogen) atoms. The first-order valence-corrected chi connectivity index (χ1v) is 6.45. The van der Waals surface area contributed by atoms with Crippen molar-refractivity contribution in [2.24, 2.45) is 11.8 Å². The van der Waals surface area contributed by atoms with Gasteiger partial charge in [0.1, 0.15) is 11.6 Å². The molecule has 0 aliphatic carbocycles. The summed E-state index contributed by atoms with van der Waals surface area (Å²) in [4.78, 5) is 11.9. The molecule has 3 nitrogen and oxygen atoms in total. The zero-order chi connectivity index (χ0) is 14.0. The lowest BCUT2D eigenvalue weighted by Crippen LogP contribution is -2.51. The van der Waals surface area contributed by atoms with Crippen LogP contribution >= 0.6 is 12.4 Å². The van der Waals surface area contributed by atoms with Crippen LogP contribution in [0, 0.1) is 23.5 Å². The highest BCUT2D eigenvalue weighted by Gasteiger charge is 2.29. The topological polar surface area (TPSA) is 41.1 Å². The molecular weight excluding hydrogens is 286 g/mol. The Morgan fingerprint density at radius 1 is 1.35 bits per heavy atom. The molecule has 1 heterocycles. The zero-order valence-corrected chi connectivity index (χ0v) is 12.3. The van der Waals surface area contributed by atoms with Crippen LogP contribution in [0.15, 0.2) is 18.2 Å². The number of hydrogen-bond donors (Lipinski definition) is 2. The molecule has 2 N–H and O–H groups in total. The first-order chi connectivity index (χ1) is 8.99. The maximum Gasteiger partial charge on any atom is 0.226 e. The van der Waals surface area contributed by atoms with E-state index in [0.29, 0.717) is 18.7 Å². The SMILES string of the molecule is CC(C)C(NC(=O)C1CNC1)c1ccc(F)cc1F.Cl. The second kappa shape index (κ2) is 6.99. The Bertz CT molecular complexity index is 478. The molecule has 1 saturated heterocycles. The summed E-state index contributed by atoms with van der Waals surface area (Å²) in [5.74, 6) is -1.34. The van der Waals surface area contributed by atoms with Gasteiger partial charge in [0, 0.05) is 24.7 Å². The van der Waals surface area contributed by atoms with Gasteiger partial charge in [-0.2, -0.15) is 0 Å². The molecular formula is C14H19ClF2N2O. The molecule has 0 spiro atoms. The Morgan fingerprint density at radius 2 is 2.00 bits per heavy atom. The van der Waals surface area contributed by atoms with E-state index in [2.05, 4.69) is 10.6 Å². The van der Waals surface area contributed by atoms with Gasteiger partial charge in [0.25, 0.3) is 0 Å². The van der Waals surface area contributed by atoms with Crippen LogP contribution in [0.3, 0.4) is 0 Å². The van der Waals surface area contributed by atoms with Gasteiger partial charge in [0.15, 0.2) is 0 Å². The number of carbonyl (C=O) groups is 1. The van der Waals surface area contributed by atoms with Crippen molar-refractivity contribution in [3.05, 3.63) is 35.4 Å². The van der Waals surface area contributed by atoms with Crippen LogP contribution in [0.25, 0.3) is 0 Å². The summed E-state index contributed by atoms with van der Waals surface area (Å²) in [6.07, 6.45) is 0. The summed E-state index contributed by atoms with van der Waals surface area (Å²) in [5.41, 5.74) is 0.331. The molecule has 0 radical (unpaired) electrons. The van der Waals surface area contributed by atoms with E-state index >= 15 is 0 Å². The van der Waals surface area contributed by atoms with Crippen LogP contribution in [0.2, 0.25) is 0 Å². The zero-order valence-electron chi connectivity index (χ0n) is 11.5. The number of nitrogens with one attached hydrogen (secondary N) is 2. The average Bonchev–Trinajstić information content (AvgIpc) is 2.24. The molecule has 112 valence electrons. The van der Waals surface area contributed by atoms with Crippen molar-refractivity contribution in [1.82, 2.24) is 10.6 Å². The predicted octanol–water partition coefficient (Wildman–Crippen LogP) is 2.42. The molecule has 1 atom stereocenters. The Hall–Kier alpha value is -1.20. The van der Waals surface area contributed by atoms with Crippen molar-refractivity contribution in [3.8, 4) is 0 Å². The van der Waals surface area contributed by atoms with Crippen LogP contribution in [0.4, 0.5) is 8.78 Å². The summed E-state index contributed by atoms with van der Waals surface area (Å²) in [7, 11) is 0. The average molecular weight is 305 g/mol. The summed E-state index contributed by atoms with van der Waals surface area (Å²) < 4.78 is 26.7. The van der Waals surface area contributed by atoms with Gasteiger partial charge >= 0.3 is 0 Å². The molecule has 1 aromatic carbocycles. The van der Waals surface area contributed by atoms with E-state index < -0.39 is 17.7 Å². The molecule has 1 aliphatic heterocycles. The standard InChI is InChI=1S/C14H18F2N2O.ClH/c1-8(2)13(18-14(19)9-6-17-7-9)11-4-3-10(15)5-12(11)16;/h3-5,8-9,13,17H,6-7H2,1-2H3,(H,18,19);1H. The van der Waals surface area contributed by atoms with Crippen LogP contribution in [-0.4, -0.2) is 19.0 Å². The van der Waals surface area contributed by atoms with E-state index in [4.69, 9.17) is 0 Å². The fourth-order valence-corrected chi connectivity index (χ4v) is 2.10. The Labute approximate surface area is 123 Å². The first-order valence-electron chi connectivity index (χ1n) is 6.45. The van der Waals surface area contributed by atoms with Gasteiger partial charge in [-0.15, -0.1) is 12.4 Å². The molecule has 1 aliphatic rings. The van der Waals surface area contributed by atoms with Crippen LogP contribution in [0.5, 0.6) is 0 Å². The van der Waals surface area contributed by atoms with Crippen molar-refractivity contribution in [1.29, 1.82) is 0 Å². The van der Waals surface area contributed by atoms with E-state index in [1.807, 2.05) is 13.8 Å². The van der Waals surface area contributed by atoms with Gasteiger partial charge in [0.2, 0.25) is 5.91 Å². The van der Waals surface area contributed by atoms with E-state index in [1.165, 1.54) is 12.1 Å². The third-order valence-electron chi connectivity index (χ3n) is 3.41. The molecule has 6 heteroatoms. The summed E-state index contributed by atoms with van der Waals surface area (Å²) >= 11 is 0. The van der Waals surface area contributed by atoms with Crippen molar-refractivity contribution >= 4 is 18.3 Å². The van der Waals surface area contributed by atoms with Crippen molar-refractivity contribution < 1.29 is 13.6 Å². The molecule has 2 rings (SSSR count). The quantitative estimate of drug-likeness (QED) is 0.897. The maximum atomic E-state index is 13.8. The Morgan fingerprint density at radius 3 is 2.45 bits per heavy atom. The number of benzene rings is 1. The minimum absolute atomic E-state index is 0. The minimum atomic E-state index is -0.620. The Balaban J connectivity index is 0.00000200. The van der Waals surface area contributed by atoms with Crippen LogP contribution in [-0.2, 0) is 4.79 Å². The van der Waals surface area contributed by atoms with Crippen LogP contribution in [0.1, 0.15) is 25.5 Å². The summed E-state index contributed by atoms with van der Waals surface area (Å²) in [6, 6.07) is 3.02. The van der Waals surface area contributed by atoms with E-state index in [9.17, 15) is 13.6 Å². The fourth-order valence-electron chi connectivity index (χ4n) is 2.10. The molecule has 1 aromatic rings. The molecule has 1 fully saturated rings. The van der Waals surface area contributed by atoms with Gasteiger partial charge in [-0.05, 0) is 12.0 Å². The van der Waals surface area contributed by atoms with Crippen molar-refractivity contribution in [3.63, 3.8) is 0 Å². The largest absolute Gasteiger partial charge is 0.349 e. The van der Waals surface area contributed by atoms with E-state index in [0.717, 1.165) is 6.07 Å². The highest BCUT2D eigenvalue weighted by atomic mass is 35.5. The highest BCUT2D eigenvalue weighted by molar-refractivity contribution is 5.85. The van der Waals surface area contributed by atoms with Gasteiger partial charge in [-0.3, -0.25) is 4.79 Å². The second-order valence-electron chi connectivity index (χ2n) is 5.25. The second-order valence-corrected chi connectivity index (χ2v) is 5.25. The normalized spacial score (nSPS) is 16.2. The number of halogens is 3. The Kier molecular flexibility index (Phi) is 5.89. The van der Waals surface area contributed by atoms with Gasteiger partial charge in [-0.25, -0.2) is 8.78 Å². The number of hydrogen-bond acceptors (Lipinski definition) is 2. The third kappa shape index (κ3) is 3.67. The summed E-state index contributed by atoms with van der Waals surface area (Å²) in [6.45, 7) is 5.10. The smallest absolute Gasteiger partial charge is 0.226 e. The lowest BCUT2D eigenvalue weighted by Gasteiger charge is -2.30. The van der Waals surface area contributed by atoms with Crippen molar-refractivity contribution in [2.45, 2.75) is 19.9 Å². The monoisotopic (exact) mass is 304 g/mol. The lowest BCUT2D eigenvalue weighted by molar-refractivity contribution is -0.127. The van der Waals surface area contributed by atoms with E-state index in [-0.39, 0.29) is 30.2 Å². The van der Waals surface area contributed by atoms with Crippen LogP contribution < -0.4 is 10.6 Å². The van der Waals surface area contributed by atoms with Gasteiger partial charge in [0.05, 0.1) is 12.0 Å². The number of rotatable bonds is 4. The van der Waals surface area contributed by atoms with Gasteiger partial charge < -0.3 is 10.6 Å². The lowest BCUT2D eigenvalue weighted by atomic mass is 9.93. The van der Waals surface area contributed by atoms with Gasteiger partial charge in [-0.1, -0.05) is 19.9 Å². The third-order valence-corrected chi connectivity index (χ3v) is 3.41. The molecule has 0 saturated carbocycles. The fraction of sp³-hybridized carbons (Fsp3) is 0.500. The highest BCUT2D eigenvalue weighted by Crippen LogP contribution is 2.25. The molecule has 1 amide bonds. The number of amides is 1. The summed E-state index contributed by atoms with van der Waals surface area (Å²) in [5, 5.41) is 5.87. The minimum Gasteiger partial charge on any atom is -0.349 e. The first kappa shape index (κ1) is 16.9. The molecule has 0 aromatic heterocycles. The van der Waals surface area contributed by atoms with E-state index in [1.54, 1.807) is 0 Å². The molecule has 1 unspecified atom stereocenters.